The number of aryl methyl sites for hydroxylation is 1. The van der Waals surface area contributed by atoms with E-state index in [1.165, 1.54) is 16.0 Å². The summed E-state index contributed by atoms with van der Waals surface area (Å²) in [5.74, 6) is 0. The zero-order valence-corrected chi connectivity index (χ0v) is 17.8. The Bertz CT molecular complexity index is 997. The number of rotatable bonds is 5. The van der Waals surface area contributed by atoms with Crippen molar-refractivity contribution in [3.63, 3.8) is 0 Å². The summed E-state index contributed by atoms with van der Waals surface area (Å²) in [6.45, 7) is 21.3. The van der Waals surface area contributed by atoms with Crippen LogP contribution in [0.4, 0.5) is 5.69 Å². The van der Waals surface area contributed by atoms with Crippen molar-refractivity contribution >= 4 is 23.0 Å². The average Bonchev–Trinajstić information content (AvgIpc) is 2.71. The van der Waals surface area contributed by atoms with Gasteiger partial charge in [-0.05, 0) is 42.2 Å². The van der Waals surface area contributed by atoms with Crippen molar-refractivity contribution in [2.45, 2.75) is 23.5 Å². The van der Waals surface area contributed by atoms with Crippen molar-refractivity contribution in [3.8, 4) is 0 Å². The van der Waals surface area contributed by atoms with Crippen molar-refractivity contribution in [1.29, 1.82) is 0 Å². The first kappa shape index (κ1) is 20.0. The lowest BCUT2D eigenvalue weighted by Gasteiger charge is -2.46. The minimum Gasteiger partial charge on any atom is -0.345 e. The van der Waals surface area contributed by atoms with Crippen molar-refractivity contribution < 1.29 is 0 Å². The molecule has 142 valence electrons. The Labute approximate surface area is 173 Å². The van der Waals surface area contributed by atoms with Gasteiger partial charge < -0.3 is 4.90 Å². The fourth-order valence-corrected chi connectivity index (χ4v) is 5.35. The van der Waals surface area contributed by atoms with Crippen LogP contribution in [0.15, 0.2) is 103 Å². The Hall–Kier alpha value is -2.71. The molecule has 0 saturated heterocycles. The van der Waals surface area contributed by atoms with Gasteiger partial charge in [-0.1, -0.05) is 80.9 Å². The number of benzene rings is 2. The molecule has 1 aliphatic heterocycles. The van der Waals surface area contributed by atoms with Gasteiger partial charge in [-0.3, -0.25) is 0 Å². The van der Waals surface area contributed by atoms with E-state index in [0.29, 0.717) is 0 Å². The second kappa shape index (κ2) is 7.73. The molecule has 1 unspecified atom stereocenters. The lowest BCUT2D eigenvalue weighted by Crippen LogP contribution is -2.38. The molecule has 28 heavy (non-hydrogen) atoms. The van der Waals surface area contributed by atoms with Gasteiger partial charge in [-0.15, -0.1) is 11.8 Å². The quantitative estimate of drug-likeness (QED) is 0.498. The van der Waals surface area contributed by atoms with Crippen molar-refractivity contribution in [1.82, 2.24) is 0 Å². The van der Waals surface area contributed by atoms with E-state index < -0.39 is 4.75 Å². The summed E-state index contributed by atoms with van der Waals surface area (Å²) in [6, 6.07) is 14.9. The maximum absolute atomic E-state index is 4.54. The molecule has 2 aromatic carbocycles. The van der Waals surface area contributed by atoms with Crippen LogP contribution in [0.3, 0.4) is 0 Å². The second-order valence-corrected chi connectivity index (χ2v) is 8.27. The molecule has 0 radical (unpaired) electrons. The van der Waals surface area contributed by atoms with E-state index in [9.17, 15) is 0 Å². The predicted molar refractivity (Wildman–Crippen MR) is 126 cm³/mol. The predicted octanol–water partition coefficient (Wildman–Crippen LogP) is 7.28. The fourth-order valence-electron chi connectivity index (χ4n) is 3.84. The molecule has 0 aromatic heterocycles. The van der Waals surface area contributed by atoms with E-state index in [0.717, 1.165) is 28.1 Å². The van der Waals surface area contributed by atoms with Crippen LogP contribution in [0.25, 0.3) is 5.57 Å². The van der Waals surface area contributed by atoms with E-state index in [-0.39, 0.29) is 0 Å². The van der Waals surface area contributed by atoms with E-state index in [4.69, 9.17) is 0 Å². The Morgan fingerprint density at radius 2 is 1.79 bits per heavy atom. The number of thioether (sulfide) groups is 1. The molecule has 0 N–H and O–H groups in total. The van der Waals surface area contributed by atoms with Crippen LogP contribution in [0, 0.1) is 6.92 Å². The van der Waals surface area contributed by atoms with Gasteiger partial charge in [0.05, 0.1) is 5.69 Å². The molecular weight excluding hydrogens is 358 g/mol. The van der Waals surface area contributed by atoms with Gasteiger partial charge in [-0.2, -0.15) is 0 Å². The maximum Gasteiger partial charge on any atom is 0.109 e. The highest BCUT2D eigenvalue weighted by molar-refractivity contribution is 8.01. The van der Waals surface area contributed by atoms with E-state index in [1.807, 2.05) is 25.1 Å². The van der Waals surface area contributed by atoms with Crippen LogP contribution >= 0.6 is 11.8 Å². The second-order valence-electron chi connectivity index (χ2n) is 7.01. The van der Waals surface area contributed by atoms with Crippen LogP contribution in [-0.2, 0) is 4.75 Å². The van der Waals surface area contributed by atoms with E-state index in [2.05, 4.69) is 87.7 Å². The first-order chi connectivity index (χ1) is 13.4. The minimum atomic E-state index is -0.461. The SMILES string of the molecule is C=CC(=C)c1c(C)ccc2c1N(C)C(=C)C(C(=C)C=CC)(c1ccccc1)S2. The highest BCUT2D eigenvalue weighted by Crippen LogP contribution is 2.59. The van der Waals surface area contributed by atoms with Crippen molar-refractivity contribution in [3.05, 3.63) is 115 Å². The number of anilines is 1. The number of likely N-dealkylation sites (N-methyl/N-ethyl adjacent to an activating group) is 1. The van der Waals surface area contributed by atoms with E-state index in [1.54, 1.807) is 11.8 Å². The molecule has 0 amide bonds. The molecule has 1 aliphatic rings. The van der Waals surface area contributed by atoms with Crippen molar-refractivity contribution in [2.24, 2.45) is 0 Å². The summed E-state index contributed by atoms with van der Waals surface area (Å²) < 4.78 is -0.461. The molecule has 0 aliphatic carbocycles. The van der Waals surface area contributed by atoms with E-state index >= 15 is 0 Å². The largest absolute Gasteiger partial charge is 0.345 e. The molecule has 0 spiro atoms. The molecule has 3 rings (SSSR count). The molecular formula is C26H27NS. The number of hydrogen-bond acceptors (Lipinski definition) is 2. The van der Waals surface area contributed by atoms with Gasteiger partial charge >= 0.3 is 0 Å². The maximum atomic E-state index is 4.54. The standard InChI is InChI=1S/C26H27NS/c1-8-13-20(5)26(22-14-11-10-12-15-22)21(6)27(7)25-23(28-26)17-16-19(4)24(25)18(3)9-2/h8-17H,2-3,5-6H2,1,4,7H3. The number of nitrogens with zero attached hydrogens (tertiary/aromatic N) is 1. The van der Waals surface area contributed by atoms with Crippen LogP contribution in [0.1, 0.15) is 23.6 Å². The minimum absolute atomic E-state index is 0.461. The van der Waals surface area contributed by atoms with Crippen molar-refractivity contribution in [2.75, 3.05) is 11.9 Å². The van der Waals surface area contributed by atoms with Gasteiger partial charge in [0.1, 0.15) is 4.75 Å². The molecule has 2 aromatic rings. The average molecular weight is 386 g/mol. The summed E-state index contributed by atoms with van der Waals surface area (Å²) in [4.78, 5) is 3.39. The van der Waals surface area contributed by atoms with Gasteiger partial charge in [0.15, 0.2) is 0 Å². The smallest absolute Gasteiger partial charge is 0.109 e. The van der Waals surface area contributed by atoms with Crippen LogP contribution in [-0.4, -0.2) is 7.05 Å². The molecule has 1 nitrogen and oxygen atoms in total. The lowest BCUT2D eigenvalue weighted by molar-refractivity contribution is 0.804. The monoisotopic (exact) mass is 385 g/mol. The van der Waals surface area contributed by atoms with Gasteiger partial charge in [0.25, 0.3) is 0 Å². The third kappa shape index (κ3) is 2.98. The number of fused-ring (bicyclic) bond motifs is 1. The summed E-state index contributed by atoms with van der Waals surface area (Å²) in [5, 5.41) is 0. The van der Waals surface area contributed by atoms with Crippen LogP contribution in [0.2, 0.25) is 0 Å². The normalized spacial score (nSPS) is 18.8. The van der Waals surface area contributed by atoms with Gasteiger partial charge in [-0.25, -0.2) is 0 Å². The Morgan fingerprint density at radius 1 is 1.11 bits per heavy atom. The first-order valence-electron chi connectivity index (χ1n) is 9.33. The molecule has 2 heteroatoms. The third-order valence-electron chi connectivity index (χ3n) is 5.33. The fraction of sp³-hybridized carbons (Fsp3) is 0.154. The van der Waals surface area contributed by atoms with Crippen LogP contribution < -0.4 is 4.90 Å². The summed E-state index contributed by atoms with van der Waals surface area (Å²) in [6.07, 6.45) is 5.94. The zero-order valence-electron chi connectivity index (χ0n) is 17.0. The highest BCUT2D eigenvalue weighted by Gasteiger charge is 2.45. The Kier molecular flexibility index (Phi) is 5.53. The zero-order chi connectivity index (χ0) is 20.5. The summed E-state index contributed by atoms with van der Waals surface area (Å²) >= 11 is 1.80. The topological polar surface area (TPSA) is 3.24 Å². The first-order valence-corrected chi connectivity index (χ1v) is 10.1. The number of hydrogen-bond donors (Lipinski definition) is 0. The Morgan fingerprint density at radius 3 is 2.39 bits per heavy atom. The van der Waals surface area contributed by atoms with Gasteiger partial charge in [0.2, 0.25) is 0 Å². The molecule has 0 bridgehead atoms. The number of allylic oxidation sites excluding steroid dienone is 4. The Balaban J connectivity index is 2.32. The van der Waals surface area contributed by atoms with Gasteiger partial charge in [0, 0.05) is 23.2 Å². The summed E-state index contributed by atoms with van der Waals surface area (Å²) in [5.41, 5.74) is 7.55. The highest BCUT2D eigenvalue weighted by atomic mass is 32.2. The molecule has 1 heterocycles. The van der Waals surface area contributed by atoms with Crippen LogP contribution in [0.5, 0.6) is 0 Å². The third-order valence-corrected chi connectivity index (χ3v) is 6.92. The lowest BCUT2D eigenvalue weighted by atomic mass is 9.86. The summed E-state index contributed by atoms with van der Waals surface area (Å²) in [7, 11) is 2.08. The molecule has 0 fully saturated rings. The molecule has 0 saturated carbocycles. The molecule has 1 atom stereocenters.